The Balaban J connectivity index is 2.12. The van der Waals surface area contributed by atoms with E-state index >= 15 is 0 Å². The SMILES string of the molecule is COc1ccc(C(CN)N(C)C2CC2)cn1. The molecule has 4 nitrogen and oxygen atoms in total. The van der Waals surface area contributed by atoms with Crippen molar-refractivity contribution in [3.05, 3.63) is 23.9 Å². The molecule has 1 saturated carbocycles. The first-order chi connectivity index (χ1) is 7.76. The summed E-state index contributed by atoms with van der Waals surface area (Å²) in [4.78, 5) is 6.57. The van der Waals surface area contributed by atoms with Gasteiger partial charge in [-0.15, -0.1) is 0 Å². The minimum Gasteiger partial charge on any atom is -0.481 e. The number of pyridine rings is 1. The molecular weight excluding hydrogens is 202 g/mol. The summed E-state index contributed by atoms with van der Waals surface area (Å²) in [6.07, 6.45) is 4.43. The van der Waals surface area contributed by atoms with Crippen LogP contribution < -0.4 is 10.5 Å². The number of hydrogen-bond donors (Lipinski definition) is 1. The Labute approximate surface area is 96.4 Å². The maximum atomic E-state index is 5.84. The van der Waals surface area contributed by atoms with Crippen LogP contribution in [0.15, 0.2) is 18.3 Å². The summed E-state index contributed by atoms with van der Waals surface area (Å²) >= 11 is 0. The van der Waals surface area contributed by atoms with E-state index in [0.717, 1.165) is 5.56 Å². The number of rotatable bonds is 5. The van der Waals surface area contributed by atoms with Crippen LogP contribution in [0, 0.1) is 0 Å². The largest absolute Gasteiger partial charge is 0.481 e. The molecule has 0 radical (unpaired) electrons. The van der Waals surface area contributed by atoms with E-state index in [9.17, 15) is 0 Å². The van der Waals surface area contributed by atoms with Crippen molar-refractivity contribution in [3.8, 4) is 5.88 Å². The third-order valence-electron chi connectivity index (χ3n) is 3.19. The molecule has 0 amide bonds. The molecule has 0 saturated heterocycles. The van der Waals surface area contributed by atoms with Gasteiger partial charge in [0, 0.05) is 30.9 Å². The van der Waals surface area contributed by atoms with E-state index in [1.165, 1.54) is 12.8 Å². The maximum absolute atomic E-state index is 5.84. The fourth-order valence-electron chi connectivity index (χ4n) is 1.98. The van der Waals surface area contributed by atoms with Crippen LogP contribution in [-0.2, 0) is 0 Å². The number of ether oxygens (including phenoxy) is 1. The molecule has 1 fully saturated rings. The summed E-state index contributed by atoms with van der Waals surface area (Å²) in [7, 11) is 3.76. The van der Waals surface area contributed by atoms with Gasteiger partial charge in [-0.3, -0.25) is 4.90 Å². The fraction of sp³-hybridized carbons (Fsp3) is 0.583. The van der Waals surface area contributed by atoms with Crippen molar-refractivity contribution in [1.82, 2.24) is 9.88 Å². The van der Waals surface area contributed by atoms with Gasteiger partial charge in [0.05, 0.1) is 7.11 Å². The quantitative estimate of drug-likeness (QED) is 0.811. The molecule has 88 valence electrons. The summed E-state index contributed by atoms with van der Waals surface area (Å²) in [5.74, 6) is 0.647. The van der Waals surface area contributed by atoms with Crippen LogP contribution in [0.4, 0.5) is 0 Å². The molecule has 1 aliphatic rings. The minimum absolute atomic E-state index is 0.269. The Morgan fingerprint density at radius 3 is 2.75 bits per heavy atom. The summed E-state index contributed by atoms with van der Waals surface area (Å²) in [6.45, 7) is 0.626. The van der Waals surface area contributed by atoms with Gasteiger partial charge in [0.2, 0.25) is 5.88 Å². The molecule has 1 unspecified atom stereocenters. The van der Waals surface area contributed by atoms with E-state index in [-0.39, 0.29) is 6.04 Å². The molecule has 2 N–H and O–H groups in total. The lowest BCUT2D eigenvalue weighted by Gasteiger charge is -2.26. The summed E-state index contributed by atoms with van der Waals surface area (Å²) in [5, 5.41) is 0. The van der Waals surface area contributed by atoms with E-state index in [1.807, 2.05) is 18.3 Å². The number of hydrogen-bond acceptors (Lipinski definition) is 4. The van der Waals surface area contributed by atoms with Gasteiger partial charge in [-0.1, -0.05) is 6.07 Å². The van der Waals surface area contributed by atoms with Gasteiger partial charge in [-0.05, 0) is 25.5 Å². The molecule has 0 spiro atoms. The average Bonchev–Trinajstić information content (AvgIpc) is 3.14. The van der Waals surface area contributed by atoms with E-state index in [1.54, 1.807) is 7.11 Å². The Morgan fingerprint density at radius 2 is 2.31 bits per heavy atom. The molecular formula is C12H19N3O. The number of methoxy groups -OCH3 is 1. The van der Waals surface area contributed by atoms with E-state index < -0.39 is 0 Å². The van der Waals surface area contributed by atoms with Gasteiger partial charge in [0.25, 0.3) is 0 Å². The molecule has 1 heterocycles. The summed E-state index contributed by atoms with van der Waals surface area (Å²) in [6, 6.07) is 4.91. The van der Waals surface area contributed by atoms with Crippen LogP contribution in [-0.4, -0.2) is 36.6 Å². The molecule has 4 heteroatoms. The highest BCUT2D eigenvalue weighted by molar-refractivity contribution is 5.21. The average molecular weight is 221 g/mol. The van der Waals surface area contributed by atoms with Crippen LogP contribution in [0.3, 0.4) is 0 Å². The lowest BCUT2D eigenvalue weighted by atomic mass is 10.1. The summed E-state index contributed by atoms with van der Waals surface area (Å²) in [5.41, 5.74) is 7.01. The predicted octanol–water partition coefficient (Wildman–Crippen LogP) is 1.18. The van der Waals surface area contributed by atoms with E-state index in [4.69, 9.17) is 10.5 Å². The van der Waals surface area contributed by atoms with E-state index in [2.05, 4.69) is 16.9 Å². The fourth-order valence-corrected chi connectivity index (χ4v) is 1.98. The molecule has 1 aromatic heterocycles. The normalized spacial score (nSPS) is 17.5. The standard InChI is InChI=1S/C12H19N3O/c1-15(10-4-5-10)11(7-13)9-3-6-12(16-2)14-8-9/h3,6,8,10-11H,4-5,7,13H2,1-2H3. The summed E-state index contributed by atoms with van der Waals surface area (Å²) < 4.78 is 5.05. The van der Waals surface area contributed by atoms with Gasteiger partial charge < -0.3 is 10.5 Å². The van der Waals surface area contributed by atoms with Crippen molar-refractivity contribution in [1.29, 1.82) is 0 Å². The number of aromatic nitrogens is 1. The van der Waals surface area contributed by atoms with Crippen LogP contribution in [0.25, 0.3) is 0 Å². The second-order valence-corrected chi connectivity index (χ2v) is 4.28. The Kier molecular flexibility index (Phi) is 3.41. The third-order valence-corrected chi connectivity index (χ3v) is 3.19. The van der Waals surface area contributed by atoms with Crippen molar-refractivity contribution in [2.45, 2.75) is 24.9 Å². The molecule has 0 bridgehead atoms. The number of likely N-dealkylation sites (N-methyl/N-ethyl adjacent to an activating group) is 1. The van der Waals surface area contributed by atoms with Gasteiger partial charge >= 0.3 is 0 Å². The van der Waals surface area contributed by atoms with Crippen molar-refractivity contribution in [2.24, 2.45) is 5.73 Å². The van der Waals surface area contributed by atoms with Gasteiger partial charge in [-0.25, -0.2) is 4.98 Å². The number of nitrogens with zero attached hydrogens (tertiary/aromatic N) is 2. The van der Waals surface area contributed by atoms with Crippen LogP contribution in [0.5, 0.6) is 5.88 Å². The predicted molar refractivity (Wildman–Crippen MR) is 63.4 cm³/mol. The molecule has 16 heavy (non-hydrogen) atoms. The Hall–Kier alpha value is -1.13. The van der Waals surface area contributed by atoms with Crippen molar-refractivity contribution >= 4 is 0 Å². The zero-order chi connectivity index (χ0) is 11.5. The lowest BCUT2D eigenvalue weighted by molar-refractivity contribution is 0.239. The second kappa shape index (κ2) is 4.80. The van der Waals surface area contributed by atoms with Gasteiger partial charge in [0.1, 0.15) is 0 Å². The molecule has 0 aromatic carbocycles. The molecule has 1 aromatic rings. The highest BCUT2D eigenvalue weighted by atomic mass is 16.5. The van der Waals surface area contributed by atoms with Crippen molar-refractivity contribution in [2.75, 3.05) is 20.7 Å². The first kappa shape index (κ1) is 11.4. The highest BCUT2D eigenvalue weighted by Crippen LogP contribution is 2.32. The smallest absolute Gasteiger partial charge is 0.212 e. The van der Waals surface area contributed by atoms with Crippen LogP contribution in [0.2, 0.25) is 0 Å². The zero-order valence-corrected chi connectivity index (χ0v) is 9.89. The zero-order valence-electron chi connectivity index (χ0n) is 9.89. The van der Waals surface area contributed by atoms with Crippen LogP contribution >= 0.6 is 0 Å². The number of nitrogens with two attached hydrogens (primary N) is 1. The van der Waals surface area contributed by atoms with Crippen molar-refractivity contribution < 1.29 is 4.74 Å². The third kappa shape index (κ3) is 2.33. The first-order valence-electron chi connectivity index (χ1n) is 5.68. The molecule has 1 atom stereocenters. The Morgan fingerprint density at radius 1 is 1.56 bits per heavy atom. The van der Waals surface area contributed by atoms with Gasteiger partial charge in [0.15, 0.2) is 0 Å². The van der Waals surface area contributed by atoms with Crippen LogP contribution in [0.1, 0.15) is 24.4 Å². The minimum atomic E-state index is 0.269. The lowest BCUT2D eigenvalue weighted by Crippen LogP contribution is -2.32. The second-order valence-electron chi connectivity index (χ2n) is 4.28. The molecule has 2 rings (SSSR count). The van der Waals surface area contributed by atoms with Crippen molar-refractivity contribution in [3.63, 3.8) is 0 Å². The topological polar surface area (TPSA) is 51.4 Å². The van der Waals surface area contributed by atoms with Gasteiger partial charge in [-0.2, -0.15) is 0 Å². The Bertz CT molecular complexity index is 335. The monoisotopic (exact) mass is 221 g/mol. The van der Waals surface area contributed by atoms with E-state index in [0.29, 0.717) is 18.5 Å². The first-order valence-corrected chi connectivity index (χ1v) is 5.68. The molecule has 1 aliphatic carbocycles. The maximum Gasteiger partial charge on any atom is 0.212 e. The molecule has 0 aliphatic heterocycles. The highest BCUT2D eigenvalue weighted by Gasteiger charge is 2.31.